The highest BCUT2D eigenvalue weighted by Crippen LogP contribution is 2.27. The molecule has 0 fully saturated rings. The number of aromatic nitrogens is 5. The van der Waals surface area contributed by atoms with E-state index in [0.29, 0.717) is 5.16 Å². The first-order valence-corrected chi connectivity index (χ1v) is 6.59. The molecule has 0 unspecified atom stereocenters. The summed E-state index contributed by atoms with van der Waals surface area (Å²) in [6.07, 6.45) is 0.801. The van der Waals surface area contributed by atoms with Crippen molar-refractivity contribution in [3.05, 3.63) is 16.4 Å². The van der Waals surface area contributed by atoms with Crippen LogP contribution in [0.15, 0.2) is 9.50 Å². The largest absolute Gasteiger partial charge is 0.227 e. The standard InChI is InChI=1S/C7H5Cl2N5S2/c1-2-3-10-7(16-14-3)15-6-12-4(8)11-5(9)13-6/h2H2,1H3. The molecule has 5 nitrogen and oxygen atoms in total. The predicted molar refractivity (Wildman–Crippen MR) is 63.3 cm³/mol. The van der Waals surface area contributed by atoms with Crippen LogP contribution in [-0.4, -0.2) is 24.3 Å². The van der Waals surface area contributed by atoms with E-state index < -0.39 is 0 Å². The molecule has 16 heavy (non-hydrogen) atoms. The van der Waals surface area contributed by atoms with Gasteiger partial charge in [0.15, 0.2) is 9.50 Å². The van der Waals surface area contributed by atoms with Crippen LogP contribution in [0.5, 0.6) is 0 Å². The first-order valence-electron chi connectivity index (χ1n) is 4.25. The summed E-state index contributed by atoms with van der Waals surface area (Å²) in [5, 5.41) is 0.564. The lowest BCUT2D eigenvalue weighted by molar-refractivity contribution is 0.900. The molecule has 0 saturated carbocycles. The van der Waals surface area contributed by atoms with E-state index in [1.165, 1.54) is 23.3 Å². The highest BCUT2D eigenvalue weighted by Gasteiger charge is 2.09. The van der Waals surface area contributed by atoms with Crippen LogP contribution in [-0.2, 0) is 6.42 Å². The molecule has 0 aromatic carbocycles. The Morgan fingerprint density at radius 1 is 1.12 bits per heavy atom. The Labute approximate surface area is 110 Å². The Morgan fingerprint density at radius 3 is 2.38 bits per heavy atom. The van der Waals surface area contributed by atoms with Crippen LogP contribution in [0.3, 0.4) is 0 Å². The maximum absolute atomic E-state index is 5.66. The number of aryl methyl sites for hydroxylation is 1. The van der Waals surface area contributed by atoms with Crippen molar-refractivity contribution in [1.82, 2.24) is 24.3 Å². The lowest BCUT2D eigenvalue weighted by Gasteiger charge is -1.96. The summed E-state index contributed by atoms with van der Waals surface area (Å²) in [7, 11) is 0. The molecular weight excluding hydrogens is 289 g/mol. The minimum atomic E-state index is 0.0720. The summed E-state index contributed by atoms with van der Waals surface area (Å²) in [6.45, 7) is 1.99. The van der Waals surface area contributed by atoms with Crippen LogP contribution in [0.25, 0.3) is 0 Å². The van der Waals surface area contributed by atoms with Gasteiger partial charge in [-0.05, 0) is 46.5 Å². The smallest absolute Gasteiger partial charge is 0.213 e. The van der Waals surface area contributed by atoms with Crippen molar-refractivity contribution in [2.75, 3.05) is 0 Å². The number of hydrogen-bond acceptors (Lipinski definition) is 7. The third-order valence-corrected chi connectivity index (χ3v) is 3.50. The molecule has 9 heteroatoms. The number of hydrogen-bond donors (Lipinski definition) is 0. The van der Waals surface area contributed by atoms with Crippen molar-refractivity contribution in [1.29, 1.82) is 0 Å². The van der Waals surface area contributed by atoms with Gasteiger partial charge in [-0.3, -0.25) is 0 Å². The molecule has 0 amide bonds. The lowest BCUT2D eigenvalue weighted by Crippen LogP contribution is -1.91. The van der Waals surface area contributed by atoms with Gasteiger partial charge in [-0.1, -0.05) is 6.92 Å². The van der Waals surface area contributed by atoms with Gasteiger partial charge in [-0.25, -0.2) is 4.98 Å². The Kier molecular flexibility index (Phi) is 3.91. The highest BCUT2D eigenvalue weighted by atomic mass is 35.5. The monoisotopic (exact) mass is 293 g/mol. The zero-order valence-electron chi connectivity index (χ0n) is 8.02. The Morgan fingerprint density at radius 2 is 1.81 bits per heavy atom. The summed E-state index contributed by atoms with van der Waals surface area (Å²) < 4.78 is 4.91. The summed E-state index contributed by atoms with van der Waals surface area (Å²) in [6, 6.07) is 0. The third-order valence-electron chi connectivity index (χ3n) is 1.50. The molecule has 0 saturated heterocycles. The molecule has 2 aromatic heterocycles. The maximum Gasteiger partial charge on any atom is 0.227 e. The Balaban J connectivity index is 2.19. The number of rotatable bonds is 3. The molecule has 2 heterocycles. The van der Waals surface area contributed by atoms with Crippen LogP contribution in [0.1, 0.15) is 12.7 Å². The molecule has 0 aliphatic rings. The van der Waals surface area contributed by atoms with Crippen LogP contribution in [0.4, 0.5) is 0 Å². The third kappa shape index (κ3) is 3.00. The zero-order valence-corrected chi connectivity index (χ0v) is 11.2. The second-order valence-corrected chi connectivity index (χ2v) is 5.23. The van der Waals surface area contributed by atoms with Crippen molar-refractivity contribution in [2.24, 2.45) is 0 Å². The van der Waals surface area contributed by atoms with E-state index in [1.807, 2.05) is 6.92 Å². The fraction of sp³-hybridized carbons (Fsp3) is 0.286. The van der Waals surface area contributed by atoms with Crippen molar-refractivity contribution in [3.8, 4) is 0 Å². The van der Waals surface area contributed by atoms with Gasteiger partial charge >= 0.3 is 0 Å². The van der Waals surface area contributed by atoms with Gasteiger partial charge in [0.05, 0.1) is 0 Å². The predicted octanol–water partition coefficient (Wildman–Crippen LogP) is 2.74. The van der Waals surface area contributed by atoms with E-state index in [2.05, 4.69) is 24.3 Å². The summed E-state index contributed by atoms with van der Waals surface area (Å²) in [5.41, 5.74) is 0. The second kappa shape index (κ2) is 5.22. The Bertz CT molecular complexity index is 483. The van der Waals surface area contributed by atoms with Gasteiger partial charge in [0, 0.05) is 6.42 Å². The van der Waals surface area contributed by atoms with Crippen molar-refractivity contribution in [2.45, 2.75) is 22.8 Å². The molecule has 0 bridgehead atoms. The molecule has 0 aliphatic carbocycles. The molecule has 0 N–H and O–H groups in total. The molecule has 2 rings (SSSR count). The second-order valence-electron chi connectivity index (χ2n) is 2.59. The van der Waals surface area contributed by atoms with E-state index in [4.69, 9.17) is 23.2 Å². The van der Waals surface area contributed by atoms with E-state index >= 15 is 0 Å². The fourth-order valence-corrected chi connectivity index (χ4v) is 2.87. The normalized spacial score (nSPS) is 10.7. The molecule has 0 radical (unpaired) electrons. The summed E-state index contributed by atoms with van der Waals surface area (Å²) >= 11 is 13.9. The van der Waals surface area contributed by atoms with Gasteiger partial charge < -0.3 is 0 Å². The number of nitrogens with zero attached hydrogens (tertiary/aromatic N) is 5. The molecule has 2 aromatic rings. The van der Waals surface area contributed by atoms with E-state index in [0.717, 1.165) is 16.6 Å². The van der Waals surface area contributed by atoms with Gasteiger partial charge in [0.1, 0.15) is 5.82 Å². The van der Waals surface area contributed by atoms with Crippen molar-refractivity contribution >= 4 is 46.5 Å². The van der Waals surface area contributed by atoms with Gasteiger partial charge in [-0.15, -0.1) is 0 Å². The minimum absolute atomic E-state index is 0.0720. The Hall–Kier alpha value is -0.500. The quantitative estimate of drug-likeness (QED) is 0.867. The van der Waals surface area contributed by atoms with Gasteiger partial charge in [-0.2, -0.15) is 19.3 Å². The average Bonchev–Trinajstić information content (AvgIpc) is 2.64. The van der Waals surface area contributed by atoms with E-state index in [-0.39, 0.29) is 10.6 Å². The minimum Gasteiger partial charge on any atom is -0.213 e. The SMILES string of the molecule is CCc1nsc(Sc2nc(Cl)nc(Cl)n2)n1. The van der Waals surface area contributed by atoms with Crippen LogP contribution >= 0.6 is 46.5 Å². The molecule has 0 atom stereocenters. The van der Waals surface area contributed by atoms with Crippen LogP contribution in [0, 0.1) is 0 Å². The molecule has 0 aliphatic heterocycles. The fourth-order valence-electron chi connectivity index (χ4n) is 0.856. The summed E-state index contributed by atoms with van der Waals surface area (Å²) in [4.78, 5) is 15.8. The highest BCUT2D eigenvalue weighted by molar-refractivity contribution is 8.00. The van der Waals surface area contributed by atoms with Crippen LogP contribution < -0.4 is 0 Å². The molecule has 0 spiro atoms. The zero-order chi connectivity index (χ0) is 11.5. The maximum atomic E-state index is 5.66. The van der Waals surface area contributed by atoms with Crippen molar-refractivity contribution in [3.63, 3.8) is 0 Å². The lowest BCUT2D eigenvalue weighted by atomic mass is 10.5. The first kappa shape index (κ1) is 12.0. The molecule has 84 valence electrons. The van der Waals surface area contributed by atoms with Gasteiger partial charge in [0.25, 0.3) is 0 Å². The first-order chi connectivity index (χ1) is 7.67. The van der Waals surface area contributed by atoms with E-state index in [1.54, 1.807) is 0 Å². The number of halogens is 2. The average molecular weight is 294 g/mol. The van der Waals surface area contributed by atoms with Crippen molar-refractivity contribution < 1.29 is 0 Å². The van der Waals surface area contributed by atoms with Gasteiger partial charge in [0.2, 0.25) is 10.6 Å². The topological polar surface area (TPSA) is 64.5 Å². The van der Waals surface area contributed by atoms with E-state index in [9.17, 15) is 0 Å². The van der Waals surface area contributed by atoms with Crippen LogP contribution in [0.2, 0.25) is 10.6 Å². The summed E-state index contributed by atoms with van der Waals surface area (Å²) in [5.74, 6) is 0.804. The molecular formula is C7H5Cl2N5S2.